The fourth-order valence-corrected chi connectivity index (χ4v) is 5.09. The molecule has 27 heavy (non-hydrogen) atoms. The van der Waals surface area contributed by atoms with Gasteiger partial charge in [-0.2, -0.15) is 0 Å². The molecule has 138 valence electrons. The van der Waals surface area contributed by atoms with Gasteiger partial charge in [0, 0.05) is 24.0 Å². The van der Waals surface area contributed by atoms with Crippen molar-refractivity contribution in [2.45, 2.75) is 17.7 Å². The number of rotatable bonds is 5. The van der Waals surface area contributed by atoms with Crippen molar-refractivity contribution in [1.82, 2.24) is 0 Å². The van der Waals surface area contributed by atoms with Crippen molar-refractivity contribution < 1.29 is 17.6 Å². The van der Waals surface area contributed by atoms with Crippen molar-refractivity contribution in [3.05, 3.63) is 66.5 Å². The smallest absolute Gasteiger partial charge is 0.265 e. The summed E-state index contributed by atoms with van der Waals surface area (Å²) >= 11 is 0. The highest BCUT2D eigenvalue weighted by molar-refractivity contribution is 7.93. The molecule has 0 unspecified atom stereocenters. The van der Waals surface area contributed by atoms with Gasteiger partial charge in [-0.05, 0) is 48.2 Å². The Bertz CT molecular complexity index is 1120. The Labute approximate surface area is 156 Å². The number of carbonyl (C=O) groups excluding carboxylic acids is 1. The number of amides is 1. The predicted octanol–water partition coefficient (Wildman–Crippen LogP) is 3.91. The SMILES string of the molecule is O=C(CCCN1c2cccc3cccc(c23)S1(=O)=O)Nc1ccc(F)cc1. The largest absolute Gasteiger partial charge is 0.326 e. The monoisotopic (exact) mass is 384 g/mol. The first-order chi connectivity index (χ1) is 13.0. The summed E-state index contributed by atoms with van der Waals surface area (Å²) in [5.74, 6) is -0.616. The minimum Gasteiger partial charge on any atom is -0.326 e. The lowest BCUT2D eigenvalue weighted by Crippen LogP contribution is -2.28. The number of hydrogen-bond donors (Lipinski definition) is 1. The fourth-order valence-electron chi connectivity index (χ4n) is 3.34. The molecule has 0 atom stereocenters. The lowest BCUT2D eigenvalue weighted by molar-refractivity contribution is -0.116. The highest BCUT2D eigenvalue weighted by Crippen LogP contribution is 2.41. The second-order valence-corrected chi connectivity index (χ2v) is 8.20. The molecule has 1 aliphatic rings. The second kappa shape index (κ2) is 6.66. The van der Waals surface area contributed by atoms with Crippen molar-refractivity contribution in [3.8, 4) is 0 Å². The van der Waals surface area contributed by atoms with Gasteiger partial charge in [-0.25, -0.2) is 12.8 Å². The maximum atomic E-state index is 12.9. The normalized spacial score (nSPS) is 14.5. The molecule has 1 heterocycles. The van der Waals surface area contributed by atoms with Crippen molar-refractivity contribution in [3.63, 3.8) is 0 Å². The van der Waals surface area contributed by atoms with Gasteiger partial charge in [0.2, 0.25) is 5.91 Å². The minimum absolute atomic E-state index is 0.162. The van der Waals surface area contributed by atoms with Gasteiger partial charge in [0.25, 0.3) is 10.0 Å². The zero-order chi connectivity index (χ0) is 19.0. The molecule has 0 fully saturated rings. The number of anilines is 2. The van der Waals surface area contributed by atoms with E-state index in [9.17, 15) is 17.6 Å². The summed E-state index contributed by atoms with van der Waals surface area (Å²) in [4.78, 5) is 12.4. The Kier molecular flexibility index (Phi) is 4.31. The maximum absolute atomic E-state index is 12.9. The summed E-state index contributed by atoms with van der Waals surface area (Å²) < 4.78 is 40.0. The third-order valence-electron chi connectivity index (χ3n) is 4.57. The Balaban J connectivity index is 1.45. The first-order valence-electron chi connectivity index (χ1n) is 8.57. The molecule has 3 aromatic carbocycles. The zero-order valence-electron chi connectivity index (χ0n) is 14.4. The van der Waals surface area contributed by atoms with Crippen molar-refractivity contribution in [2.75, 3.05) is 16.2 Å². The van der Waals surface area contributed by atoms with Crippen molar-refractivity contribution in [2.24, 2.45) is 0 Å². The van der Waals surface area contributed by atoms with Crippen LogP contribution in [0.25, 0.3) is 10.8 Å². The van der Waals surface area contributed by atoms with Crippen LogP contribution in [0.15, 0.2) is 65.6 Å². The molecule has 0 aliphatic carbocycles. The van der Waals surface area contributed by atoms with Gasteiger partial charge in [0.1, 0.15) is 5.82 Å². The molecule has 0 spiro atoms. The highest BCUT2D eigenvalue weighted by atomic mass is 32.2. The van der Waals surface area contributed by atoms with Crippen molar-refractivity contribution >= 4 is 38.1 Å². The summed E-state index contributed by atoms with van der Waals surface area (Å²) in [5, 5.41) is 4.29. The van der Waals surface area contributed by atoms with E-state index in [0.29, 0.717) is 22.7 Å². The second-order valence-electron chi connectivity index (χ2n) is 6.37. The molecule has 0 bridgehead atoms. The molecule has 3 aromatic rings. The van der Waals surface area contributed by atoms with Crippen LogP contribution in [0, 0.1) is 5.82 Å². The Morgan fingerprint density at radius 3 is 2.44 bits per heavy atom. The molecule has 1 aliphatic heterocycles. The average Bonchev–Trinajstić information content (AvgIpc) is 2.87. The molecular weight excluding hydrogens is 367 g/mol. The highest BCUT2D eigenvalue weighted by Gasteiger charge is 2.34. The lowest BCUT2D eigenvalue weighted by Gasteiger charge is -2.18. The van der Waals surface area contributed by atoms with Crippen LogP contribution >= 0.6 is 0 Å². The number of halogens is 1. The van der Waals surface area contributed by atoms with Gasteiger partial charge in [-0.3, -0.25) is 9.10 Å². The van der Waals surface area contributed by atoms with E-state index in [1.165, 1.54) is 28.6 Å². The van der Waals surface area contributed by atoms with Gasteiger partial charge in [-0.1, -0.05) is 24.3 Å². The van der Waals surface area contributed by atoms with Crippen LogP contribution in [0.4, 0.5) is 15.8 Å². The quantitative estimate of drug-likeness (QED) is 0.725. The van der Waals surface area contributed by atoms with E-state index < -0.39 is 10.0 Å². The summed E-state index contributed by atoms with van der Waals surface area (Å²) in [6.45, 7) is 0.215. The van der Waals surface area contributed by atoms with E-state index in [4.69, 9.17) is 0 Å². The van der Waals surface area contributed by atoms with E-state index in [0.717, 1.165) is 10.8 Å². The van der Waals surface area contributed by atoms with Crippen LogP contribution in [0.2, 0.25) is 0 Å². The topological polar surface area (TPSA) is 66.5 Å². The summed E-state index contributed by atoms with van der Waals surface area (Å²) in [5.41, 5.74) is 1.16. The molecular formula is C20H17FN2O3S. The minimum atomic E-state index is -3.60. The third kappa shape index (κ3) is 3.14. The van der Waals surface area contributed by atoms with Crippen LogP contribution in [-0.2, 0) is 14.8 Å². The molecule has 7 heteroatoms. The van der Waals surface area contributed by atoms with Gasteiger partial charge in [0.05, 0.1) is 10.6 Å². The molecule has 4 rings (SSSR count). The van der Waals surface area contributed by atoms with Crippen LogP contribution in [0.1, 0.15) is 12.8 Å². The predicted molar refractivity (Wildman–Crippen MR) is 103 cm³/mol. The lowest BCUT2D eigenvalue weighted by atomic mass is 10.1. The molecule has 0 saturated heterocycles. The number of hydrogen-bond acceptors (Lipinski definition) is 3. The standard InChI is InChI=1S/C20H17FN2O3S/c21-15-9-11-16(12-10-15)22-19(24)8-3-13-23-17-6-1-4-14-5-2-7-18(20(14)17)27(23,25)26/h1-2,4-7,9-12H,3,8,13H2,(H,22,24). The molecule has 1 amide bonds. The van der Waals surface area contributed by atoms with Crippen LogP contribution in [0.3, 0.4) is 0 Å². The molecule has 1 N–H and O–H groups in total. The van der Waals surface area contributed by atoms with Crippen LogP contribution in [-0.4, -0.2) is 20.9 Å². The van der Waals surface area contributed by atoms with E-state index >= 15 is 0 Å². The molecule has 0 radical (unpaired) electrons. The zero-order valence-corrected chi connectivity index (χ0v) is 15.2. The first-order valence-corrected chi connectivity index (χ1v) is 10.0. The fraction of sp³-hybridized carbons (Fsp3) is 0.150. The number of sulfonamides is 1. The van der Waals surface area contributed by atoms with E-state index in [1.807, 2.05) is 18.2 Å². The Hall–Kier alpha value is -2.93. The molecule has 5 nitrogen and oxygen atoms in total. The molecule has 0 aromatic heterocycles. The van der Waals surface area contributed by atoms with E-state index in [1.54, 1.807) is 18.2 Å². The van der Waals surface area contributed by atoms with Gasteiger partial charge in [-0.15, -0.1) is 0 Å². The summed E-state index contributed by atoms with van der Waals surface area (Å²) in [7, 11) is -3.60. The summed E-state index contributed by atoms with van der Waals surface area (Å²) in [6, 6.07) is 16.2. The maximum Gasteiger partial charge on any atom is 0.265 e. The first kappa shape index (κ1) is 17.5. The number of benzene rings is 3. The third-order valence-corrected chi connectivity index (χ3v) is 6.43. The number of carbonyl (C=O) groups is 1. The average molecular weight is 384 g/mol. The number of nitrogens with one attached hydrogen (secondary N) is 1. The number of nitrogens with zero attached hydrogens (tertiary/aromatic N) is 1. The van der Waals surface area contributed by atoms with E-state index in [-0.39, 0.29) is 24.7 Å². The van der Waals surface area contributed by atoms with Crippen LogP contribution < -0.4 is 9.62 Å². The molecule has 0 saturated carbocycles. The summed E-state index contributed by atoms with van der Waals surface area (Å²) in [6.07, 6.45) is 0.534. The van der Waals surface area contributed by atoms with E-state index in [2.05, 4.69) is 5.32 Å². The van der Waals surface area contributed by atoms with Gasteiger partial charge in [0.15, 0.2) is 0 Å². The Morgan fingerprint density at radius 1 is 1.00 bits per heavy atom. The van der Waals surface area contributed by atoms with Crippen LogP contribution in [0.5, 0.6) is 0 Å². The Morgan fingerprint density at radius 2 is 1.70 bits per heavy atom. The van der Waals surface area contributed by atoms with Gasteiger partial charge >= 0.3 is 0 Å². The van der Waals surface area contributed by atoms with Crippen molar-refractivity contribution in [1.29, 1.82) is 0 Å². The van der Waals surface area contributed by atoms with Gasteiger partial charge < -0.3 is 5.32 Å².